The van der Waals surface area contributed by atoms with Crippen molar-refractivity contribution in [1.82, 2.24) is 0 Å². The van der Waals surface area contributed by atoms with Gasteiger partial charge in [0.25, 0.3) is 0 Å². The Balaban J connectivity index is 2.34. The summed E-state index contributed by atoms with van der Waals surface area (Å²) in [5.41, 5.74) is 13.7. The molecule has 1 aliphatic carbocycles. The van der Waals surface area contributed by atoms with Crippen molar-refractivity contribution >= 4 is 11.7 Å². The zero-order chi connectivity index (χ0) is 11.5. The fourth-order valence-corrected chi connectivity index (χ4v) is 1.80. The second kappa shape index (κ2) is 4.22. The molecule has 0 heterocycles. The van der Waals surface area contributed by atoms with E-state index in [-0.39, 0.29) is 5.96 Å². The van der Waals surface area contributed by atoms with Crippen LogP contribution in [0.5, 0.6) is 5.75 Å². The zero-order valence-corrected chi connectivity index (χ0v) is 9.10. The number of ether oxygens (including phenoxy) is 1. The molecule has 2 rings (SSSR count). The first kappa shape index (κ1) is 10.5. The van der Waals surface area contributed by atoms with E-state index in [1.807, 2.05) is 18.2 Å². The van der Waals surface area contributed by atoms with E-state index >= 15 is 0 Å². The molecule has 0 amide bonds. The maximum Gasteiger partial charge on any atom is 0.211 e. The van der Waals surface area contributed by atoms with Crippen molar-refractivity contribution in [2.45, 2.75) is 12.8 Å². The molecule has 0 bridgehead atoms. The van der Waals surface area contributed by atoms with Gasteiger partial charge in [-0.05, 0) is 36.6 Å². The first-order valence-electron chi connectivity index (χ1n) is 5.03. The minimum atomic E-state index is -0.0190. The monoisotopic (exact) mass is 218 g/mol. The largest absolute Gasteiger partial charge is 0.497 e. The van der Waals surface area contributed by atoms with Crippen molar-refractivity contribution < 1.29 is 4.74 Å². The lowest BCUT2D eigenvalue weighted by Gasteiger charge is -2.02. The number of benzene rings is 1. The number of nitrogens with two attached hydrogens (primary N) is 2. The summed E-state index contributed by atoms with van der Waals surface area (Å²) in [6.45, 7) is 0. The maximum atomic E-state index is 5.24. The summed E-state index contributed by atoms with van der Waals surface area (Å²) in [6.07, 6.45) is 1.81. The molecule has 0 spiro atoms. The molecule has 0 atom stereocenters. The average Bonchev–Trinajstić information content (AvgIpc) is 2.68. The van der Waals surface area contributed by atoms with Gasteiger partial charge >= 0.3 is 0 Å². The fourth-order valence-electron chi connectivity index (χ4n) is 1.80. The standard InChI is InChI=1S/C11H14N4O/c1-16-8-3-4-9-7(6-8)2-5-10(9)14-15-11(12)13/h3-4,6H,2,5H2,1H3,(H4,12,13,15)/b14-10+. The number of methoxy groups -OCH3 is 1. The first-order chi connectivity index (χ1) is 7.70. The molecule has 1 aromatic rings. The van der Waals surface area contributed by atoms with Crippen molar-refractivity contribution in [2.75, 3.05) is 7.11 Å². The SMILES string of the molecule is COc1ccc2c(c1)CC/C2=N\N=C(N)N. The minimum absolute atomic E-state index is 0.0190. The highest BCUT2D eigenvalue weighted by Crippen LogP contribution is 2.26. The smallest absolute Gasteiger partial charge is 0.211 e. The summed E-state index contributed by atoms with van der Waals surface area (Å²) in [7, 11) is 1.66. The summed E-state index contributed by atoms with van der Waals surface area (Å²) < 4.78 is 5.17. The molecule has 5 heteroatoms. The highest BCUT2D eigenvalue weighted by molar-refractivity contribution is 6.04. The van der Waals surface area contributed by atoms with Crippen LogP contribution in [0.3, 0.4) is 0 Å². The first-order valence-corrected chi connectivity index (χ1v) is 5.03. The van der Waals surface area contributed by atoms with Gasteiger partial charge in [-0.3, -0.25) is 0 Å². The van der Waals surface area contributed by atoms with Crippen molar-refractivity contribution in [3.63, 3.8) is 0 Å². The Bertz CT molecular complexity index is 461. The second-order valence-electron chi connectivity index (χ2n) is 3.59. The Hall–Kier alpha value is -2.04. The number of fused-ring (bicyclic) bond motifs is 1. The fraction of sp³-hybridized carbons (Fsp3) is 0.273. The Kier molecular flexibility index (Phi) is 2.76. The number of guanidine groups is 1. The van der Waals surface area contributed by atoms with Gasteiger partial charge in [0.05, 0.1) is 12.8 Å². The summed E-state index contributed by atoms with van der Waals surface area (Å²) in [5, 5.41) is 7.71. The van der Waals surface area contributed by atoms with Crippen LogP contribution in [-0.4, -0.2) is 18.8 Å². The molecule has 5 nitrogen and oxygen atoms in total. The van der Waals surface area contributed by atoms with Gasteiger partial charge in [0, 0.05) is 5.56 Å². The van der Waals surface area contributed by atoms with Crippen LogP contribution in [0, 0.1) is 0 Å². The lowest BCUT2D eigenvalue weighted by Crippen LogP contribution is -2.22. The molecule has 16 heavy (non-hydrogen) atoms. The highest BCUT2D eigenvalue weighted by Gasteiger charge is 2.18. The van der Waals surface area contributed by atoms with Gasteiger partial charge in [0.1, 0.15) is 5.75 Å². The number of rotatable bonds is 2. The third kappa shape index (κ3) is 1.98. The van der Waals surface area contributed by atoms with Crippen LogP contribution in [0.4, 0.5) is 0 Å². The summed E-state index contributed by atoms with van der Waals surface area (Å²) >= 11 is 0. The molecular weight excluding hydrogens is 204 g/mol. The van der Waals surface area contributed by atoms with E-state index in [0.29, 0.717) is 0 Å². The van der Waals surface area contributed by atoms with Gasteiger partial charge in [-0.2, -0.15) is 5.10 Å². The third-order valence-corrected chi connectivity index (χ3v) is 2.54. The van der Waals surface area contributed by atoms with E-state index in [1.165, 1.54) is 5.56 Å². The molecule has 0 saturated carbocycles. The van der Waals surface area contributed by atoms with Crippen molar-refractivity contribution in [3.8, 4) is 5.75 Å². The highest BCUT2D eigenvalue weighted by atomic mass is 16.5. The molecule has 0 radical (unpaired) electrons. The molecule has 0 fully saturated rings. The third-order valence-electron chi connectivity index (χ3n) is 2.54. The van der Waals surface area contributed by atoms with Crippen molar-refractivity contribution in [1.29, 1.82) is 0 Å². The minimum Gasteiger partial charge on any atom is -0.497 e. The van der Waals surface area contributed by atoms with Gasteiger partial charge in [-0.25, -0.2) is 0 Å². The number of hydrogen-bond donors (Lipinski definition) is 2. The predicted octanol–water partition coefficient (Wildman–Crippen LogP) is 0.619. The quantitative estimate of drug-likeness (QED) is 0.433. The second-order valence-corrected chi connectivity index (χ2v) is 3.59. The summed E-state index contributed by atoms with van der Waals surface area (Å²) in [4.78, 5) is 0. The van der Waals surface area contributed by atoms with E-state index in [9.17, 15) is 0 Å². The lowest BCUT2D eigenvalue weighted by molar-refractivity contribution is 0.414. The van der Waals surface area contributed by atoms with Crippen LogP contribution in [0.15, 0.2) is 28.4 Å². The molecule has 0 unspecified atom stereocenters. The predicted molar refractivity (Wildman–Crippen MR) is 63.7 cm³/mol. The zero-order valence-electron chi connectivity index (χ0n) is 9.10. The lowest BCUT2D eigenvalue weighted by atomic mass is 10.1. The Morgan fingerprint density at radius 3 is 2.81 bits per heavy atom. The van der Waals surface area contributed by atoms with Gasteiger partial charge in [0.15, 0.2) is 0 Å². The van der Waals surface area contributed by atoms with E-state index in [4.69, 9.17) is 16.2 Å². The van der Waals surface area contributed by atoms with Crippen molar-refractivity contribution in [2.24, 2.45) is 21.7 Å². The van der Waals surface area contributed by atoms with Crippen LogP contribution < -0.4 is 16.2 Å². The molecule has 0 aromatic heterocycles. The van der Waals surface area contributed by atoms with E-state index in [0.717, 1.165) is 29.9 Å². The molecule has 1 aromatic carbocycles. The molecule has 84 valence electrons. The van der Waals surface area contributed by atoms with E-state index in [2.05, 4.69) is 10.2 Å². The maximum absolute atomic E-state index is 5.24. The van der Waals surface area contributed by atoms with E-state index in [1.54, 1.807) is 7.11 Å². The number of aryl methyl sites for hydroxylation is 1. The van der Waals surface area contributed by atoms with Crippen molar-refractivity contribution in [3.05, 3.63) is 29.3 Å². The molecule has 4 N–H and O–H groups in total. The summed E-state index contributed by atoms with van der Waals surface area (Å²) in [6, 6.07) is 5.92. The number of nitrogens with zero attached hydrogens (tertiary/aromatic N) is 2. The Labute approximate surface area is 93.8 Å². The van der Waals surface area contributed by atoms with Gasteiger partial charge < -0.3 is 16.2 Å². The Morgan fingerprint density at radius 2 is 2.12 bits per heavy atom. The topological polar surface area (TPSA) is 86.0 Å². The molecule has 0 aliphatic heterocycles. The van der Waals surface area contributed by atoms with Gasteiger partial charge in [-0.1, -0.05) is 0 Å². The molecule has 0 saturated heterocycles. The molecular formula is C11H14N4O. The van der Waals surface area contributed by atoms with Gasteiger partial charge in [-0.15, -0.1) is 5.10 Å². The van der Waals surface area contributed by atoms with Crippen LogP contribution in [0.25, 0.3) is 0 Å². The van der Waals surface area contributed by atoms with Crippen LogP contribution in [0.2, 0.25) is 0 Å². The number of hydrogen-bond acceptors (Lipinski definition) is 3. The Morgan fingerprint density at radius 1 is 1.31 bits per heavy atom. The van der Waals surface area contributed by atoms with Crippen LogP contribution in [0.1, 0.15) is 17.5 Å². The average molecular weight is 218 g/mol. The van der Waals surface area contributed by atoms with E-state index < -0.39 is 0 Å². The van der Waals surface area contributed by atoms with Gasteiger partial charge in [0.2, 0.25) is 5.96 Å². The normalized spacial score (nSPS) is 15.9. The van der Waals surface area contributed by atoms with Crippen LogP contribution >= 0.6 is 0 Å². The summed E-state index contributed by atoms with van der Waals surface area (Å²) in [5.74, 6) is 0.844. The molecule has 1 aliphatic rings. The van der Waals surface area contributed by atoms with Crippen LogP contribution in [-0.2, 0) is 6.42 Å².